The Morgan fingerprint density at radius 2 is 2.11 bits per heavy atom. The van der Waals surface area contributed by atoms with Gasteiger partial charge in [-0.3, -0.25) is 15.1 Å². The van der Waals surface area contributed by atoms with Crippen LogP contribution in [0.4, 0.5) is 16.4 Å². The normalized spacial score (nSPS) is 9.95. The van der Waals surface area contributed by atoms with Gasteiger partial charge < -0.3 is 10.4 Å². The van der Waals surface area contributed by atoms with E-state index in [-0.39, 0.29) is 5.95 Å². The van der Waals surface area contributed by atoms with Gasteiger partial charge in [-0.15, -0.1) is 0 Å². The van der Waals surface area contributed by atoms with Gasteiger partial charge in [-0.2, -0.15) is 4.98 Å². The zero-order valence-corrected chi connectivity index (χ0v) is 10.2. The van der Waals surface area contributed by atoms with Crippen molar-refractivity contribution >= 4 is 29.3 Å². The molecule has 0 aliphatic heterocycles. The number of aromatic hydroxyl groups is 1. The number of nitrogens with zero attached hydrogens (tertiary/aromatic N) is 1. The maximum atomic E-state index is 11.6. The lowest BCUT2D eigenvalue weighted by molar-refractivity contribution is 0.262. The summed E-state index contributed by atoms with van der Waals surface area (Å²) in [5.74, 6) is -0.647. The maximum Gasteiger partial charge on any atom is 0.326 e. The molecule has 1 aromatic carbocycles. The molecule has 98 valence electrons. The Labute approximate surface area is 112 Å². The third-order valence-corrected chi connectivity index (χ3v) is 2.28. The molecule has 0 aliphatic carbocycles. The van der Waals surface area contributed by atoms with Crippen LogP contribution in [0.2, 0.25) is 5.02 Å². The van der Waals surface area contributed by atoms with E-state index in [0.717, 1.165) is 6.07 Å². The van der Waals surface area contributed by atoms with Crippen LogP contribution in [-0.2, 0) is 0 Å². The highest BCUT2D eigenvalue weighted by molar-refractivity contribution is 6.30. The highest BCUT2D eigenvalue weighted by Gasteiger charge is 2.06. The smallest absolute Gasteiger partial charge is 0.326 e. The largest absolute Gasteiger partial charge is 0.493 e. The quantitative estimate of drug-likeness (QED) is 0.672. The van der Waals surface area contributed by atoms with Crippen LogP contribution < -0.4 is 16.2 Å². The molecule has 0 atom stereocenters. The van der Waals surface area contributed by atoms with Gasteiger partial charge in [-0.25, -0.2) is 4.79 Å². The first-order valence-electron chi connectivity index (χ1n) is 5.17. The fourth-order valence-electron chi connectivity index (χ4n) is 1.34. The molecule has 1 aromatic heterocycles. The molecule has 0 saturated heterocycles. The first-order valence-corrected chi connectivity index (χ1v) is 5.54. The monoisotopic (exact) mass is 280 g/mol. The molecule has 0 unspecified atom stereocenters. The number of carbonyl (C=O) groups is 1. The molecule has 7 nitrogen and oxygen atoms in total. The lowest BCUT2D eigenvalue weighted by Crippen LogP contribution is -2.22. The Morgan fingerprint density at radius 1 is 1.32 bits per heavy atom. The standard InChI is InChI=1S/C11H9ClN4O3/c12-6-2-1-3-7(4-6)13-11(19)16-10-14-8(17)5-9(18)15-10/h1-5H,(H4,13,14,15,16,17,18,19). The van der Waals surface area contributed by atoms with Crippen LogP contribution in [0, 0.1) is 0 Å². The zero-order valence-electron chi connectivity index (χ0n) is 9.48. The lowest BCUT2D eigenvalue weighted by Gasteiger charge is -2.06. The molecule has 2 rings (SSSR count). The molecule has 0 spiro atoms. The third kappa shape index (κ3) is 3.71. The number of benzene rings is 1. The summed E-state index contributed by atoms with van der Waals surface area (Å²) in [5, 5.41) is 14.4. The summed E-state index contributed by atoms with van der Waals surface area (Å²) < 4.78 is 0. The lowest BCUT2D eigenvalue weighted by atomic mass is 10.3. The van der Waals surface area contributed by atoms with E-state index in [4.69, 9.17) is 16.7 Å². The molecular weight excluding hydrogens is 272 g/mol. The number of hydrogen-bond donors (Lipinski definition) is 4. The van der Waals surface area contributed by atoms with E-state index in [2.05, 4.69) is 20.6 Å². The SMILES string of the molecule is O=C(Nc1cccc(Cl)c1)Nc1nc(O)cc(=O)[nH]1. The number of carbonyl (C=O) groups excluding carboxylic acids is 1. The number of aromatic nitrogens is 2. The first-order chi connectivity index (χ1) is 9.02. The van der Waals surface area contributed by atoms with E-state index in [1.807, 2.05) is 0 Å². The summed E-state index contributed by atoms with van der Waals surface area (Å²) in [6, 6.07) is 6.80. The Morgan fingerprint density at radius 3 is 2.79 bits per heavy atom. The Hall–Kier alpha value is -2.54. The van der Waals surface area contributed by atoms with Crippen molar-refractivity contribution in [1.82, 2.24) is 9.97 Å². The number of H-pyrrole nitrogens is 1. The van der Waals surface area contributed by atoms with Gasteiger partial charge in [0.2, 0.25) is 11.8 Å². The van der Waals surface area contributed by atoms with Crippen molar-refractivity contribution in [2.45, 2.75) is 0 Å². The molecule has 2 aromatic rings. The number of aromatic amines is 1. The summed E-state index contributed by atoms with van der Waals surface area (Å²) in [6.45, 7) is 0. The van der Waals surface area contributed by atoms with Crippen molar-refractivity contribution in [3.8, 4) is 5.88 Å². The van der Waals surface area contributed by atoms with Crippen molar-refractivity contribution in [1.29, 1.82) is 0 Å². The van der Waals surface area contributed by atoms with Crippen molar-refractivity contribution in [2.24, 2.45) is 0 Å². The number of rotatable bonds is 2. The Kier molecular flexibility index (Phi) is 3.67. The van der Waals surface area contributed by atoms with Gasteiger partial charge in [0.1, 0.15) is 0 Å². The predicted molar refractivity (Wildman–Crippen MR) is 70.6 cm³/mol. The molecule has 0 aliphatic rings. The summed E-state index contributed by atoms with van der Waals surface area (Å²) in [5.41, 5.74) is -0.0990. The number of halogens is 1. The number of hydrogen-bond acceptors (Lipinski definition) is 4. The van der Waals surface area contributed by atoms with Gasteiger partial charge in [0, 0.05) is 10.7 Å². The van der Waals surface area contributed by atoms with Crippen molar-refractivity contribution < 1.29 is 9.90 Å². The second-order valence-corrected chi connectivity index (χ2v) is 3.98. The van der Waals surface area contributed by atoms with E-state index in [1.54, 1.807) is 24.3 Å². The van der Waals surface area contributed by atoms with E-state index in [9.17, 15) is 9.59 Å². The van der Waals surface area contributed by atoms with Crippen LogP contribution in [-0.4, -0.2) is 21.1 Å². The van der Waals surface area contributed by atoms with E-state index < -0.39 is 17.5 Å². The van der Waals surface area contributed by atoms with E-state index in [1.165, 1.54) is 0 Å². The fraction of sp³-hybridized carbons (Fsp3) is 0. The van der Waals surface area contributed by atoms with E-state index in [0.29, 0.717) is 10.7 Å². The van der Waals surface area contributed by atoms with Crippen LogP contribution in [0.3, 0.4) is 0 Å². The predicted octanol–water partition coefficient (Wildman–Crippen LogP) is 1.77. The van der Waals surface area contributed by atoms with Crippen molar-refractivity contribution in [2.75, 3.05) is 10.6 Å². The van der Waals surface area contributed by atoms with Crippen LogP contribution >= 0.6 is 11.6 Å². The molecule has 4 N–H and O–H groups in total. The minimum atomic E-state index is -0.629. The summed E-state index contributed by atoms with van der Waals surface area (Å²) in [7, 11) is 0. The van der Waals surface area contributed by atoms with Gasteiger partial charge >= 0.3 is 6.03 Å². The van der Waals surface area contributed by atoms with E-state index >= 15 is 0 Å². The van der Waals surface area contributed by atoms with Gasteiger partial charge in [0.25, 0.3) is 5.56 Å². The van der Waals surface area contributed by atoms with Crippen LogP contribution in [0.15, 0.2) is 35.1 Å². The highest BCUT2D eigenvalue weighted by Crippen LogP contribution is 2.15. The molecule has 2 amide bonds. The molecule has 19 heavy (non-hydrogen) atoms. The van der Waals surface area contributed by atoms with Gasteiger partial charge in [0.05, 0.1) is 6.07 Å². The number of anilines is 2. The molecular formula is C11H9ClN4O3. The first kappa shape index (κ1) is 12.9. The molecule has 8 heteroatoms. The highest BCUT2D eigenvalue weighted by atomic mass is 35.5. The minimum Gasteiger partial charge on any atom is -0.493 e. The minimum absolute atomic E-state index is 0.162. The summed E-state index contributed by atoms with van der Waals surface area (Å²) in [4.78, 5) is 28.4. The van der Waals surface area contributed by atoms with Crippen molar-refractivity contribution in [3.63, 3.8) is 0 Å². The molecule has 0 radical (unpaired) electrons. The third-order valence-electron chi connectivity index (χ3n) is 2.04. The fourth-order valence-corrected chi connectivity index (χ4v) is 1.53. The second-order valence-electron chi connectivity index (χ2n) is 3.54. The molecule has 0 bridgehead atoms. The van der Waals surface area contributed by atoms with Gasteiger partial charge in [0.15, 0.2) is 0 Å². The average Bonchev–Trinajstić information content (AvgIpc) is 2.26. The summed E-state index contributed by atoms with van der Waals surface area (Å²) in [6.07, 6.45) is 0. The molecule has 1 heterocycles. The zero-order chi connectivity index (χ0) is 13.8. The molecule has 0 fully saturated rings. The Bertz CT molecular complexity index is 671. The number of nitrogens with one attached hydrogen (secondary N) is 3. The second kappa shape index (κ2) is 5.40. The topological polar surface area (TPSA) is 107 Å². The van der Waals surface area contributed by atoms with Crippen LogP contribution in [0.25, 0.3) is 0 Å². The maximum absolute atomic E-state index is 11.6. The average molecular weight is 281 g/mol. The Balaban J connectivity index is 2.07. The number of amides is 2. The molecule has 0 saturated carbocycles. The van der Waals surface area contributed by atoms with Gasteiger partial charge in [-0.1, -0.05) is 17.7 Å². The van der Waals surface area contributed by atoms with Crippen LogP contribution in [0.5, 0.6) is 5.88 Å². The van der Waals surface area contributed by atoms with Crippen molar-refractivity contribution in [3.05, 3.63) is 45.7 Å². The van der Waals surface area contributed by atoms with Crippen LogP contribution in [0.1, 0.15) is 0 Å². The summed E-state index contributed by atoms with van der Waals surface area (Å²) >= 11 is 5.77. The number of urea groups is 1. The van der Waals surface area contributed by atoms with Gasteiger partial charge in [-0.05, 0) is 18.2 Å².